The van der Waals surface area contributed by atoms with Gasteiger partial charge in [0.15, 0.2) is 5.82 Å². The molecule has 0 aliphatic rings. The largest absolute Gasteiger partial charge is 0.444 e. The van der Waals surface area contributed by atoms with Crippen LogP contribution >= 0.6 is 0 Å². The average Bonchev–Trinajstić information content (AvgIpc) is 3.17. The van der Waals surface area contributed by atoms with Crippen molar-refractivity contribution in [1.29, 1.82) is 0 Å². The molecule has 3 N–H and O–H groups in total. The number of rotatable bonds is 7. The Morgan fingerprint density at radius 1 is 1.14 bits per heavy atom. The number of anilines is 1. The normalized spacial score (nSPS) is 12.2. The van der Waals surface area contributed by atoms with E-state index < -0.39 is 11.7 Å². The van der Waals surface area contributed by atoms with E-state index in [2.05, 4.69) is 30.8 Å². The summed E-state index contributed by atoms with van der Waals surface area (Å²) in [5.74, 6) is 1.29. The van der Waals surface area contributed by atoms with E-state index in [1.54, 1.807) is 12.4 Å². The number of carbonyl (C=O) groups is 1. The number of nitrogens with zero attached hydrogens (tertiary/aromatic N) is 3. The van der Waals surface area contributed by atoms with Crippen LogP contribution in [0, 0.1) is 0 Å². The smallest absolute Gasteiger partial charge is 0.407 e. The molecule has 3 rings (SSSR count). The van der Waals surface area contributed by atoms with E-state index in [4.69, 9.17) is 4.74 Å². The van der Waals surface area contributed by atoms with Crippen molar-refractivity contribution < 1.29 is 9.53 Å². The summed E-state index contributed by atoms with van der Waals surface area (Å²) < 4.78 is 5.29. The number of ether oxygens (including phenoxy) is 1. The summed E-state index contributed by atoms with van der Waals surface area (Å²) in [7, 11) is 0. The van der Waals surface area contributed by atoms with Gasteiger partial charge in [-0.2, -0.15) is 5.10 Å². The molecule has 2 aromatic heterocycles. The SMILES string of the molecule is CC(C)(C)OC(=O)NCCC(Nc1ccccc1)c1nc(-c2ccncc2)n[nH]1. The molecular formula is C21H26N6O2. The van der Waals surface area contributed by atoms with Crippen LogP contribution in [0.4, 0.5) is 10.5 Å². The molecule has 152 valence electrons. The van der Waals surface area contributed by atoms with Crippen LogP contribution in [0.1, 0.15) is 39.1 Å². The predicted octanol–water partition coefficient (Wildman–Crippen LogP) is 3.93. The summed E-state index contributed by atoms with van der Waals surface area (Å²) in [5.41, 5.74) is 1.31. The van der Waals surface area contributed by atoms with Crippen molar-refractivity contribution >= 4 is 11.8 Å². The van der Waals surface area contributed by atoms with Gasteiger partial charge < -0.3 is 15.4 Å². The van der Waals surface area contributed by atoms with Gasteiger partial charge in [-0.05, 0) is 51.5 Å². The maximum absolute atomic E-state index is 11.9. The quantitative estimate of drug-likeness (QED) is 0.561. The number of nitrogens with one attached hydrogen (secondary N) is 3. The molecule has 0 aliphatic carbocycles. The van der Waals surface area contributed by atoms with Gasteiger partial charge in [0.1, 0.15) is 11.4 Å². The Hall–Kier alpha value is -3.42. The molecule has 1 atom stereocenters. The van der Waals surface area contributed by atoms with Gasteiger partial charge in [0.05, 0.1) is 6.04 Å². The molecule has 1 aromatic carbocycles. The first kappa shape index (κ1) is 20.3. The topological polar surface area (TPSA) is 105 Å². The van der Waals surface area contributed by atoms with E-state index in [0.717, 1.165) is 11.3 Å². The van der Waals surface area contributed by atoms with Gasteiger partial charge in [0.25, 0.3) is 0 Å². The molecule has 0 fully saturated rings. The first-order valence-corrected chi connectivity index (χ1v) is 9.52. The Morgan fingerprint density at radius 2 is 1.86 bits per heavy atom. The van der Waals surface area contributed by atoms with Crippen molar-refractivity contribution in [3.63, 3.8) is 0 Å². The number of carbonyl (C=O) groups excluding carboxylic acids is 1. The second-order valence-corrected chi connectivity index (χ2v) is 7.56. The molecule has 1 unspecified atom stereocenters. The van der Waals surface area contributed by atoms with Gasteiger partial charge in [0.2, 0.25) is 0 Å². The summed E-state index contributed by atoms with van der Waals surface area (Å²) in [6.07, 6.45) is 3.57. The fourth-order valence-electron chi connectivity index (χ4n) is 2.71. The number of benzene rings is 1. The fraction of sp³-hybridized carbons (Fsp3) is 0.333. The molecule has 0 radical (unpaired) electrons. The maximum atomic E-state index is 11.9. The van der Waals surface area contributed by atoms with Crippen LogP contribution in [0.2, 0.25) is 0 Å². The number of para-hydroxylation sites is 1. The summed E-state index contributed by atoms with van der Waals surface area (Å²) in [5, 5.41) is 13.6. The van der Waals surface area contributed by atoms with Gasteiger partial charge in [-0.25, -0.2) is 9.78 Å². The Kier molecular flexibility index (Phi) is 6.43. The van der Waals surface area contributed by atoms with Crippen molar-refractivity contribution in [2.24, 2.45) is 0 Å². The third kappa shape index (κ3) is 6.31. The third-order valence-electron chi connectivity index (χ3n) is 3.99. The third-order valence-corrected chi connectivity index (χ3v) is 3.99. The van der Waals surface area contributed by atoms with Crippen LogP contribution in [0.3, 0.4) is 0 Å². The lowest BCUT2D eigenvalue weighted by Gasteiger charge is -2.21. The van der Waals surface area contributed by atoms with Crippen LogP contribution in [0.25, 0.3) is 11.4 Å². The van der Waals surface area contributed by atoms with Crippen molar-refractivity contribution in [2.45, 2.75) is 38.8 Å². The molecule has 29 heavy (non-hydrogen) atoms. The second-order valence-electron chi connectivity index (χ2n) is 7.56. The zero-order valence-electron chi connectivity index (χ0n) is 16.8. The van der Waals surface area contributed by atoms with Crippen molar-refractivity contribution in [2.75, 3.05) is 11.9 Å². The van der Waals surface area contributed by atoms with Crippen molar-refractivity contribution in [1.82, 2.24) is 25.5 Å². The Balaban J connectivity index is 1.70. The van der Waals surface area contributed by atoms with Crippen LogP contribution < -0.4 is 10.6 Å². The number of aromatic amines is 1. The summed E-state index contributed by atoms with van der Waals surface area (Å²) >= 11 is 0. The highest BCUT2D eigenvalue weighted by atomic mass is 16.6. The molecule has 0 saturated heterocycles. The van der Waals surface area contributed by atoms with E-state index in [1.165, 1.54) is 0 Å². The number of aromatic nitrogens is 4. The minimum Gasteiger partial charge on any atom is -0.444 e. The Bertz CT molecular complexity index is 906. The molecule has 8 nitrogen and oxygen atoms in total. The maximum Gasteiger partial charge on any atom is 0.407 e. The van der Waals surface area contributed by atoms with Gasteiger partial charge in [-0.3, -0.25) is 10.1 Å². The zero-order valence-corrected chi connectivity index (χ0v) is 16.8. The van der Waals surface area contributed by atoms with Crippen LogP contribution in [-0.2, 0) is 4.74 Å². The predicted molar refractivity (Wildman–Crippen MR) is 111 cm³/mol. The average molecular weight is 394 g/mol. The molecular weight excluding hydrogens is 368 g/mol. The summed E-state index contributed by atoms with van der Waals surface area (Å²) in [6, 6.07) is 13.4. The fourth-order valence-corrected chi connectivity index (χ4v) is 2.71. The first-order chi connectivity index (χ1) is 13.9. The van der Waals surface area contributed by atoms with Gasteiger partial charge >= 0.3 is 6.09 Å². The highest BCUT2D eigenvalue weighted by Gasteiger charge is 2.19. The molecule has 0 bridgehead atoms. The number of amides is 1. The van der Waals surface area contributed by atoms with E-state index >= 15 is 0 Å². The number of hydrogen-bond donors (Lipinski definition) is 3. The van der Waals surface area contributed by atoms with Crippen LogP contribution in [0.5, 0.6) is 0 Å². The number of pyridine rings is 1. The second kappa shape index (κ2) is 9.18. The van der Waals surface area contributed by atoms with Crippen molar-refractivity contribution in [3.8, 4) is 11.4 Å². The highest BCUT2D eigenvalue weighted by Crippen LogP contribution is 2.22. The van der Waals surface area contributed by atoms with Gasteiger partial charge in [-0.1, -0.05) is 18.2 Å². The molecule has 8 heteroatoms. The van der Waals surface area contributed by atoms with E-state index in [-0.39, 0.29) is 6.04 Å². The molecule has 0 aliphatic heterocycles. The van der Waals surface area contributed by atoms with Crippen LogP contribution in [-0.4, -0.2) is 38.4 Å². The standard InChI is InChI=1S/C21H26N6O2/c1-21(2,3)29-20(28)23-14-11-17(24-16-7-5-4-6-8-16)19-25-18(26-27-19)15-9-12-22-13-10-15/h4-10,12-13,17,24H,11,14H2,1-3H3,(H,23,28)(H,25,26,27). The van der Waals surface area contributed by atoms with E-state index in [0.29, 0.717) is 24.6 Å². The first-order valence-electron chi connectivity index (χ1n) is 9.52. The van der Waals surface area contributed by atoms with Gasteiger partial charge in [0, 0.05) is 30.2 Å². The lowest BCUT2D eigenvalue weighted by Crippen LogP contribution is -2.34. The zero-order chi connectivity index (χ0) is 20.7. The molecule has 1 amide bonds. The molecule has 3 aromatic rings. The van der Waals surface area contributed by atoms with E-state index in [1.807, 2.05) is 63.2 Å². The number of alkyl carbamates (subject to hydrolysis) is 1. The highest BCUT2D eigenvalue weighted by molar-refractivity contribution is 5.67. The number of H-pyrrole nitrogens is 1. The number of hydrogen-bond acceptors (Lipinski definition) is 6. The lowest BCUT2D eigenvalue weighted by atomic mass is 10.1. The van der Waals surface area contributed by atoms with Crippen LogP contribution in [0.15, 0.2) is 54.9 Å². The van der Waals surface area contributed by atoms with Gasteiger partial charge in [-0.15, -0.1) is 0 Å². The minimum absolute atomic E-state index is 0.171. The minimum atomic E-state index is -0.532. The monoisotopic (exact) mass is 394 g/mol. The summed E-state index contributed by atoms with van der Waals surface area (Å²) in [4.78, 5) is 20.6. The summed E-state index contributed by atoms with van der Waals surface area (Å²) in [6.45, 7) is 5.93. The Labute approximate surface area is 170 Å². The van der Waals surface area contributed by atoms with Crippen molar-refractivity contribution in [3.05, 3.63) is 60.7 Å². The lowest BCUT2D eigenvalue weighted by molar-refractivity contribution is 0.0526. The molecule has 2 heterocycles. The van der Waals surface area contributed by atoms with E-state index in [9.17, 15) is 4.79 Å². The Morgan fingerprint density at radius 3 is 2.55 bits per heavy atom. The molecule has 0 saturated carbocycles. The molecule has 0 spiro atoms.